The van der Waals surface area contributed by atoms with Crippen molar-refractivity contribution in [3.05, 3.63) is 23.9 Å². The fraction of sp³-hybridized carbons (Fsp3) is 0.375. The first-order valence-electron chi connectivity index (χ1n) is 3.60. The quantitative estimate of drug-likeness (QED) is 0.503. The predicted octanol–water partition coefficient (Wildman–Crippen LogP) is 0.210. The van der Waals surface area contributed by atoms with Gasteiger partial charge in [-0.15, -0.1) is 0 Å². The minimum Gasteiger partial charge on any atom is -0.386 e. The number of rotatable bonds is 0. The lowest BCUT2D eigenvalue weighted by Crippen LogP contribution is -2.26. The van der Waals surface area contributed by atoms with Crippen LogP contribution in [0.15, 0.2) is 23.9 Å². The van der Waals surface area contributed by atoms with E-state index in [2.05, 4.69) is 16.4 Å². The Bertz CT molecular complexity index is 223. The van der Waals surface area contributed by atoms with E-state index in [0.717, 1.165) is 19.5 Å². The molecular weight excluding hydrogens is 124 g/mol. The number of aliphatic imine (C=N–C) groups is 1. The van der Waals surface area contributed by atoms with Gasteiger partial charge in [0.15, 0.2) is 0 Å². The first-order chi connectivity index (χ1) is 4.97. The van der Waals surface area contributed by atoms with Crippen molar-refractivity contribution in [2.75, 3.05) is 13.1 Å². The molecule has 0 fully saturated rings. The van der Waals surface area contributed by atoms with E-state index in [1.807, 2.05) is 12.3 Å². The van der Waals surface area contributed by atoms with Gasteiger partial charge in [0.1, 0.15) is 0 Å². The van der Waals surface area contributed by atoms with Crippen molar-refractivity contribution in [1.82, 2.24) is 10.3 Å². The number of nitrogens with one attached hydrogen (secondary N) is 1. The van der Waals surface area contributed by atoms with Gasteiger partial charge in [-0.2, -0.15) is 0 Å². The van der Waals surface area contributed by atoms with Gasteiger partial charge < -0.3 is 5.32 Å². The first-order valence-corrected chi connectivity index (χ1v) is 3.60. The lowest BCUT2D eigenvalue weighted by molar-refractivity contribution is 0.862. The highest BCUT2D eigenvalue weighted by Crippen LogP contribution is 2.05. The van der Waals surface area contributed by atoms with E-state index in [4.69, 9.17) is 0 Å². The third-order valence-corrected chi connectivity index (χ3v) is 1.78. The Morgan fingerprint density at radius 1 is 1.50 bits per heavy atom. The molecule has 2 rings (SSSR count). The molecule has 0 unspecified atom stereocenters. The van der Waals surface area contributed by atoms with Gasteiger partial charge in [-0.1, -0.05) is 6.08 Å². The standard InChI is InChI=1S/C8H10N2/c1-2-7-6-9-5-3-8(7)10-4-1/h2-3,5,9H,1,4,6H2/q+1. The molecule has 2 aliphatic rings. The second kappa shape index (κ2) is 2.29. The SMILES string of the molecule is C1=CC2=[N+]CCC=C2CN1. The molecule has 0 aromatic carbocycles. The number of nitrogens with zero attached hydrogens (tertiary/aromatic N) is 1. The van der Waals surface area contributed by atoms with E-state index < -0.39 is 0 Å². The van der Waals surface area contributed by atoms with Crippen molar-refractivity contribution in [2.45, 2.75) is 6.42 Å². The van der Waals surface area contributed by atoms with E-state index in [9.17, 15) is 0 Å². The third kappa shape index (κ3) is 0.856. The summed E-state index contributed by atoms with van der Waals surface area (Å²) >= 11 is 0. The molecular formula is C8H10N2+. The Hall–Kier alpha value is -1.05. The van der Waals surface area contributed by atoms with Crippen LogP contribution < -0.4 is 10.3 Å². The highest BCUT2D eigenvalue weighted by atomic mass is 14.9. The highest BCUT2D eigenvalue weighted by Gasteiger charge is 2.19. The van der Waals surface area contributed by atoms with Gasteiger partial charge in [0.25, 0.3) is 5.71 Å². The molecule has 0 saturated heterocycles. The predicted molar refractivity (Wildman–Crippen MR) is 41.9 cm³/mol. The van der Waals surface area contributed by atoms with Crippen molar-refractivity contribution < 1.29 is 0 Å². The summed E-state index contributed by atoms with van der Waals surface area (Å²) in [5, 5.41) is 3.15. The van der Waals surface area contributed by atoms with Gasteiger partial charge in [-0.05, 0) is 0 Å². The van der Waals surface area contributed by atoms with Gasteiger partial charge >= 0.3 is 0 Å². The van der Waals surface area contributed by atoms with E-state index in [-0.39, 0.29) is 0 Å². The van der Waals surface area contributed by atoms with Crippen molar-refractivity contribution in [2.24, 2.45) is 0 Å². The van der Waals surface area contributed by atoms with Crippen LogP contribution in [0.3, 0.4) is 0 Å². The van der Waals surface area contributed by atoms with Gasteiger partial charge in [-0.3, -0.25) is 0 Å². The Labute approximate surface area is 60.3 Å². The summed E-state index contributed by atoms with van der Waals surface area (Å²) in [4.78, 5) is 4.37. The van der Waals surface area contributed by atoms with Crippen LogP contribution in [0.1, 0.15) is 6.42 Å². The summed E-state index contributed by atoms with van der Waals surface area (Å²) in [6.45, 7) is 1.92. The molecule has 2 nitrogen and oxygen atoms in total. The van der Waals surface area contributed by atoms with Crippen molar-refractivity contribution in [1.29, 1.82) is 0 Å². The number of hydrogen-bond acceptors (Lipinski definition) is 2. The van der Waals surface area contributed by atoms with Crippen LogP contribution in [-0.2, 0) is 0 Å². The van der Waals surface area contributed by atoms with E-state index in [1.54, 1.807) is 0 Å². The second-order valence-electron chi connectivity index (χ2n) is 2.50. The second-order valence-corrected chi connectivity index (χ2v) is 2.50. The zero-order valence-corrected chi connectivity index (χ0v) is 5.80. The zero-order valence-electron chi connectivity index (χ0n) is 5.80. The number of dihydropyridines is 1. The molecule has 1 N–H and O–H groups in total. The minimum absolute atomic E-state index is 0.954. The molecule has 0 spiro atoms. The molecule has 0 bridgehead atoms. The molecule has 0 aromatic rings. The molecule has 0 aliphatic carbocycles. The molecule has 0 saturated carbocycles. The van der Waals surface area contributed by atoms with Crippen molar-refractivity contribution in [3.8, 4) is 0 Å². The van der Waals surface area contributed by atoms with Crippen molar-refractivity contribution >= 4 is 5.71 Å². The molecule has 10 heavy (non-hydrogen) atoms. The average Bonchev–Trinajstić information content (AvgIpc) is 2.05. The van der Waals surface area contributed by atoms with Gasteiger partial charge in [0, 0.05) is 35.8 Å². The number of allylic oxidation sites excluding steroid dienone is 1. The fourth-order valence-corrected chi connectivity index (χ4v) is 1.26. The smallest absolute Gasteiger partial charge is 0.275 e. The van der Waals surface area contributed by atoms with E-state index in [1.165, 1.54) is 11.3 Å². The summed E-state index contributed by atoms with van der Waals surface area (Å²) in [5.74, 6) is 0. The van der Waals surface area contributed by atoms with Crippen LogP contribution in [0.5, 0.6) is 0 Å². The van der Waals surface area contributed by atoms with Crippen LogP contribution >= 0.6 is 0 Å². The monoisotopic (exact) mass is 134 g/mol. The summed E-state index contributed by atoms with van der Waals surface area (Å²) < 4.78 is 0. The molecule has 2 heteroatoms. The Morgan fingerprint density at radius 2 is 2.50 bits per heavy atom. The lowest BCUT2D eigenvalue weighted by atomic mass is 10.0. The van der Waals surface area contributed by atoms with Gasteiger partial charge in [0.05, 0.1) is 0 Å². The van der Waals surface area contributed by atoms with Crippen LogP contribution in [0.2, 0.25) is 0 Å². The number of fused-ring (bicyclic) bond motifs is 1. The fourth-order valence-electron chi connectivity index (χ4n) is 1.26. The third-order valence-electron chi connectivity index (χ3n) is 1.78. The molecule has 2 heterocycles. The van der Waals surface area contributed by atoms with Gasteiger partial charge in [-0.25, -0.2) is 0 Å². The van der Waals surface area contributed by atoms with E-state index >= 15 is 0 Å². The van der Waals surface area contributed by atoms with Crippen LogP contribution in [0.4, 0.5) is 0 Å². The van der Waals surface area contributed by atoms with Crippen LogP contribution in [0, 0.1) is 0 Å². The largest absolute Gasteiger partial charge is 0.386 e. The van der Waals surface area contributed by atoms with Crippen molar-refractivity contribution in [3.63, 3.8) is 0 Å². The topological polar surface area (TPSA) is 26.1 Å². The number of hydrogen-bond donors (Lipinski definition) is 1. The maximum atomic E-state index is 4.37. The Kier molecular flexibility index (Phi) is 1.31. The zero-order chi connectivity index (χ0) is 6.81. The highest BCUT2D eigenvalue weighted by molar-refractivity contribution is 6.08. The summed E-state index contributed by atoms with van der Waals surface area (Å²) in [7, 11) is 0. The molecule has 2 aliphatic heterocycles. The Morgan fingerprint density at radius 3 is 3.40 bits per heavy atom. The Balaban J connectivity index is 2.33. The maximum Gasteiger partial charge on any atom is 0.275 e. The van der Waals surface area contributed by atoms with Crippen LogP contribution in [-0.4, -0.2) is 18.8 Å². The molecule has 0 amide bonds. The summed E-state index contributed by atoms with van der Waals surface area (Å²) in [6, 6.07) is 0. The summed E-state index contributed by atoms with van der Waals surface area (Å²) in [5.41, 5.74) is 2.53. The molecule has 1 radical (unpaired) electrons. The molecule has 51 valence electrons. The normalized spacial score (nSPS) is 22.4. The lowest BCUT2D eigenvalue weighted by Gasteiger charge is -2.08. The van der Waals surface area contributed by atoms with Gasteiger partial charge in [0.2, 0.25) is 6.54 Å². The van der Waals surface area contributed by atoms with Crippen LogP contribution in [0.25, 0.3) is 0 Å². The average molecular weight is 134 g/mol. The first kappa shape index (κ1) is 5.71. The minimum atomic E-state index is 0.954. The summed E-state index contributed by atoms with van der Waals surface area (Å²) in [6.07, 6.45) is 7.36. The molecule has 0 atom stereocenters. The molecule has 0 aromatic heterocycles. The van der Waals surface area contributed by atoms with E-state index in [0.29, 0.717) is 0 Å². The maximum absolute atomic E-state index is 4.37.